The maximum atomic E-state index is 12.4. The molecule has 2 aliphatic heterocycles. The van der Waals surface area contributed by atoms with Crippen molar-refractivity contribution in [2.75, 3.05) is 43.1 Å². The molecule has 5 nitrogen and oxygen atoms in total. The van der Waals surface area contributed by atoms with Gasteiger partial charge in [-0.1, -0.05) is 30.3 Å². The van der Waals surface area contributed by atoms with Crippen molar-refractivity contribution in [2.45, 2.75) is 12.6 Å². The average molecular weight is 337 g/mol. The Kier molecular flexibility index (Phi) is 4.68. The van der Waals surface area contributed by atoms with Gasteiger partial charge in [0.15, 0.2) is 0 Å². The molecule has 4 rings (SSSR count). The largest absolute Gasteiger partial charge is 0.378 e. The van der Waals surface area contributed by atoms with Gasteiger partial charge in [-0.05, 0) is 29.8 Å². The van der Waals surface area contributed by atoms with Crippen LogP contribution in [0.4, 0.5) is 11.4 Å². The summed E-state index contributed by atoms with van der Waals surface area (Å²) >= 11 is 0. The quantitative estimate of drug-likeness (QED) is 0.851. The first-order chi connectivity index (χ1) is 12.3. The van der Waals surface area contributed by atoms with Gasteiger partial charge in [-0.2, -0.15) is 0 Å². The van der Waals surface area contributed by atoms with Crippen molar-refractivity contribution in [3.8, 4) is 0 Å². The van der Waals surface area contributed by atoms with Crippen LogP contribution in [0.3, 0.4) is 0 Å². The van der Waals surface area contributed by atoms with E-state index >= 15 is 0 Å². The molecule has 0 aromatic heterocycles. The molecular weight excluding hydrogens is 314 g/mol. The van der Waals surface area contributed by atoms with E-state index < -0.39 is 0 Å². The van der Waals surface area contributed by atoms with Crippen molar-refractivity contribution >= 4 is 17.3 Å². The summed E-state index contributed by atoms with van der Waals surface area (Å²) in [5, 5.41) is 3.03. The molecular formula is C20H23N3O2. The van der Waals surface area contributed by atoms with E-state index in [2.05, 4.69) is 39.4 Å². The number of benzene rings is 2. The molecule has 2 aromatic rings. The first-order valence-corrected chi connectivity index (χ1v) is 8.81. The fourth-order valence-electron chi connectivity index (χ4n) is 3.22. The van der Waals surface area contributed by atoms with Gasteiger partial charge in [-0.3, -0.25) is 9.69 Å². The lowest BCUT2D eigenvalue weighted by atomic mass is 10.2. The van der Waals surface area contributed by atoms with Gasteiger partial charge in [-0.15, -0.1) is 0 Å². The summed E-state index contributed by atoms with van der Waals surface area (Å²) in [4.78, 5) is 16.9. The van der Waals surface area contributed by atoms with Crippen LogP contribution in [0.1, 0.15) is 5.56 Å². The Balaban J connectivity index is 1.29. The number of amides is 1. The molecule has 5 heteroatoms. The first kappa shape index (κ1) is 16.1. The number of hydrogen-bond donors (Lipinski definition) is 1. The van der Waals surface area contributed by atoms with E-state index in [4.69, 9.17) is 4.74 Å². The van der Waals surface area contributed by atoms with Crippen molar-refractivity contribution in [3.63, 3.8) is 0 Å². The monoisotopic (exact) mass is 337 g/mol. The van der Waals surface area contributed by atoms with Crippen LogP contribution in [-0.4, -0.2) is 49.7 Å². The number of nitrogens with zero attached hydrogens (tertiary/aromatic N) is 2. The van der Waals surface area contributed by atoms with Gasteiger partial charge in [-0.25, -0.2) is 0 Å². The highest BCUT2D eigenvalue weighted by Crippen LogP contribution is 2.24. The van der Waals surface area contributed by atoms with Crippen LogP contribution in [0.5, 0.6) is 0 Å². The van der Waals surface area contributed by atoms with Gasteiger partial charge in [0.2, 0.25) is 5.91 Å². The summed E-state index contributed by atoms with van der Waals surface area (Å²) in [6, 6.07) is 18.3. The van der Waals surface area contributed by atoms with E-state index in [1.807, 2.05) is 30.3 Å². The van der Waals surface area contributed by atoms with Gasteiger partial charge in [0.1, 0.15) is 6.04 Å². The molecule has 0 spiro atoms. The highest BCUT2D eigenvalue weighted by Gasteiger charge is 2.40. The van der Waals surface area contributed by atoms with Crippen molar-refractivity contribution < 1.29 is 9.53 Å². The van der Waals surface area contributed by atoms with Gasteiger partial charge in [0.05, 0.1) is 13.2 Å². The molecule has 1 amide bonds. The molecule has 2 heterocycles. The predicted octanol–water partition coefficient (Wildman–Crippen LogP) is 2.35. The lowest BCUT2D eigenvalue weighted by Crippen LogP contribution is -2.36. The van der Waals surface area contributed by atoms with Crippen LogP contribution in [0.2, 0.25) is 0 Å². The zero-order chi connectivity index (χ0) is 17.1. The molecule has 2 fully saturated rings. The summed E-state index contributed by atoms with van der Waals surface area (Å²) in [5.74, 6) is 0.0788. The third kappa shape index (κ3) is 4.00. The first-order valence-electron chi connectivity index (χ1n) is 8.81. The Morgan fingerprint density at radius 2 is 1.76 bits per heavy atom. The second-order valence-corrected chi connectivity index (χ2v) is 6.57. The average Bonchev–Trinajstić information content (AvgIpc) is 3.43. The van der Waals surface area contributed by atoms with E-state index in [0.717, 1.165) is 45.1 Å². The topological polar surface area (TPSA) is 44.6 Å². The Hall–Kier alpha value is -2.37. The SMILES string of the molecule is O=C(Nc1ccc(N2CCOCC2)cc1)C1CN1Cc1ccccc1. The van der Waals surface area contributed by atoms with Crippen LogP contribution >= 0.6 is 0 Å². The number of hydrogen-bond acceptors (Lipinski definition) is 4. The standard InChI is InChI=1S/C20H23N3O2/c24-20(19-15-23(19)14-16-4-2-1-3-5-16)21-17-6-8-18(9-7-17)22-10-12-25-13-11-22/h1-9,19H,10-15H2,(H,21,24). The number of morpholine rings is 1. The minimum absolute atomic E-state index is 0.0147. The second kappa shape index (κ2) is 7.25. The lowest BCUT2D eigenvalue weighted by molar-refractivity contribution is -0.116. The van der Waals surface area contributed by atoms with E-state index in [1.165, 1.54) is 11.3 Å². The fraction of sp³-hybridized carbons (Fsp3) is 0.350. The van der Waals surface area contributed by atoms with Crippen molar-refractivity contribution in [2.24, 2.45) is 0 Å². The number of carbonyl (C=O) groups excluding carboxylic acids is 1. The summed E-state index contributed by atoms with van der Waals surface area (Å²) < 4.78 is 5.38. The summed E-state index contributed by atoms with van der Waals surface area (Å²) in [7, 11) is 0. The molecule has 130 valence electrons. The van der Waals surface area contributed by atoms with E-state index in [9.17, 15) is 4.79 Å². The molecule has 2 saturated heterocycles. The van der Waals surface area contributed by atoms with Crippen molar-refractivity contribution in [1.82, 2.24) is 4.90 Å². The zero-order valence-electron chi connectivity index (χ0n) is 14.2. The Labute approximate surface area is 148 Å². The number of carbonyl (C=O) groups is 1. The molecule has 0 radical (unpaired) electrons. The lowest BCUT2D eigenvalue weighted by Gasteiger charge is -2.28. The van der Waals surface area contributed by atoms with E-state index in [-0.39, 0.29) is 11.9 Å². The van der Waals surface area contributed by atoms with Crippen LogP contribution in [0.15, 0.2) is 54.6 Å². The van der Waals surface area contributed by atoms with E-state index in [1.54, 1.807) is 0 Å². The fourth-order valence-corrected chi connectivity index (χ4v) is 3.22. The molecule has 0 aliphatic carbocycles. The van der Waals surface area contributed by atoms with Gasteiger partial charge >= 0.3 is 0 Å². The maximum absolute atomic E-state index is 12.4. The molecule has 0 bridgehead atoms. The third-order valence-corrected chi connectivity index (χ3v) is 4.76. The zero-order valence-corrected chi connectivity index (χ0v) is 14.2. The van der Waals surface area contributed by atoms with Gasteiger partial charge in [0.25, 0.3) is 0 Å². The van der Waals surface area contributed by atoms with Crippen LogP contribution in [0.25, 0.3) is 0 Å². The van der Waals surface area contributed by atoms with Gasteiger partial charge in [0, 0.05) is 37.6 Å². The van der Waals surface area contributed by atoms with Crippen LogP contribution in [0, 0.1) is 0 Å². The van der Waals surface area contributed by atoms with Crippen molar-refractivity contribution in [1.29, 1.82) is 0 Å². The molecule has 1 N–H and O–H groups in total. The smallest absolute Gasteiger partial charge is 0.243 e. The highest BCUT2D eigenvalue weighted by molar-refractivity contribution is 5.96. The van der Waals surface area contributed by atoms with E-state index in [0.29, 0.717) is 0 Å². The second-order valence-electron chi connectivity index (χ2n) is 6.57. The number of rotatable bonds is 5. The molecule has 2 atom stereocenters. The minimum atomic E-state index is -0.0147. The molecule has 2 aromatic carbocycles. The summed E-state index contributed by atoms with van der Waals surface area (Å²) in [5.41, 5.74) is 3.28. The van der Waals surface area contributed by atoms with Gasteiger partial charge < -0.3 is 15.0 Å². The Morgan fingerprint density at radius 3 is 2.48 bits per heavy atom. The Morgan fingerprint density at radius 1 is 1.04 bits per heavy atom. The van der Waals surface area contributed by atoms with Crippen LogP contribution in [-0.2, 0) is 16.1 Å². The molecule has 25 heavy (non-hydrogen) atoms. The normalized spacial score (nSPS) is 22.5. The molecule has 2 unspecified atom stereocenters. The molecule has 2 aliphatic rings. The Bertz CT molecular complexity index is 711. The number of nitrogens with one attached hydrogen (secondary N) is 1. The molecule has 0 saturated carbocycles. The summed E-state index contributed by atoms with van der Waals surface area (Å²) in [6.07, 6.45) is 0. The predicted molar refractivity (Wildman–Crippen MR) is 98.7 cm³/mol. The maximum Gasteiger partial charge on any atom is 0.243 e. The number of anilines is 2. The van der Waals surface area contributed by atoms with Crippen molar-refractivity contribution in [3.05, 3.63) is 60.2 Å². The number of ether oxygens (including phenoxy) is 1. The highest BCUT2D eigenvalue weighted by atomic mass is 16.5. The minimum Gasteiger partial charge on any atom is -0.378 e. The summed E-state index contributed by atoms with van der Waals surface area (Å²) in [6.45, 7) is 5.04. The van der Waals surface area contributed by atoms with Crippen LogP contribution < -0.4 is 10.2 Å². The third-order valence-electron chi connectivity index (χ3n) is 4.76.